The number of allylic oxidation sites excluding steroid dienone is 4. The van der Waals surface area contributed by atoms with E-state index in [4.69, 9.17) is 4.74 Å². The summed E-state index contributed by atoms with van der Waals surface area (Å²) in [6.07, 6.45) is 18.9. The lowest BCUT2D eigenvalue weighted by atomic mass is 9.49. The highest BCUT2D eigenvalue weighted by atomic mass is 16.5. The van der Waals surface area contributed by atoms with E-state index >= 15 is 0 Å². The van der Waals surface area contributed by atoms with Gasteiger partial charge in [0, 0.05) is 11.8 Å². The summed E-state index contributed by atoms with van der Waals surface area (Å²) in [6.45, 7) is 4.62. The van der Waals surface area contributed by atoms with E-state index in [1.807, 2.05) is 6.08 Å². The van der Waals surface area contributed by atoms with Crippen molar-refractivity contribution in [1.82, 2.24) is 0 Å². The summed E-state index contributed by atoms with van der Waals surface area (Å²) in [5.41, 5.74) is 1.68. The van der Waals surface area contributed by atoms with Crippen molar-refractivity contribution in [1.29, 1.82) is 0 Å². The first-order chi connectivity index (χ1) is 12.6. The van der Waals surface area contributed by atoms with Gasteiger partial charge in [0.05, 0.1) is 11.7 Å². The van der Waals surface area contributed by atoms with Crippen molar-refractivity contribution in [3.05, 3.63) is 36.0 Å². The summed E-state index contributed by atoms with van der Waals surface area (Å²) < 4.78 is 6.74. The zero-order valence-corrected chi connectivity index (χ0v) is 16.0. The summed E-state index contributed by atoms with van der Waals surface area (Å²) in [7, 11) is 0. The first-order valence-corrected chi connectivity index (χ1v) is 10.9. The Hall–Kier alpha value is -1.15. The molecule has 0 aromatic rings. The molecule has 0 aromatic carbocycles. The van der Waals surface area contributed by atoms with Gasteiger partial charge in [0.1, 0.15) is 0 Å². The highest BCUT2D eigenvalue weighted by Crippen LogP contribution is 2.78. The van der Waals surface area contributed by atoms with Gasteiger partial charge in [-0.3, -0.25) is 4.79 Å². The van der Waals surface area contributed by atoms with Crippen LogP contribution in [0.2, 0.25) is 0 Å². The Kier molecular flexibility index (Phi) is 3.06. The molecule has 3 saturated carbocycles. The second kappa shape index (κ2) is 5.01. The van der Waals surface area contributed by atoms with Crippen molar-refractivity contribution in [2.75, 3.05) is 0 Å². The van der Waals surface area contributed by atoms with E-state index in [1.54, 1.807) is 0 Å². The molecule has 0 radical (unpaired) electrons. The van der Waals surface area contributed by atoms with E-state index in [-0.39, 0.29) is 11.7 Å². The van der Waals surface area contributed by atoms with E-state index in [2.05, 4.69) is 38.2 Å². The van der Waals surface area contributed by atoms with Crippen molar-refractivity contribution < 1.29 is 9.53 Å². The zero-order valence-electron chi connectivity index (χ0n) is 16.0. The maximum absolute atomic E-state index is 11.9. The minimum absolute atomic E-state index is 0.0218. The quantitative estimate of drug-likeness (QED) is 0.631. The molecule has 138 valence electrons. The number of rotatable bonds is 1. The van der Waals surface area contributed by atoms with Crippen LogP contribution in [0.3, 0.4) is 0 Å². The van der Waals surface area contributed by atoms with E-state index in [9.17, 15) is 4.79 Å². The van der Waals surface area contributed by atoms with Crippen LogP contribution in [-0.4, -0.2) is 17.5 Å². The summed E-state index contributed by atoms with van der Waals surface area (Å²) in [5.74, 6) is 4.80. The summed E-state index contributed by atoms with van der Waals surface area (Å²) in [5, 5.41) is 0. The number of carbonyl (C=O) groups excluding carboxylic acids is 1. The van der Waals surface area contributed by atoms with Crippen LogP contribution in [0, 0.1) is 40.9 Å². The molecule has 2 heteroatoms. The Morgan fingerprint density at radius 1 is 1.23 bits per heavy atom. The zero-order chi connectivity index (χ0) is 17.7. The maximum Gasteiger partial charge on any atom is 0.155 e. The van der Waals surface area contributed by atoms with Crippen molar-refractivity contribution in [3.63, 3.8) is 0 Å². The van der Waals surface area contributed by atoms with Gasteiger partial charge in [-0.25, -0.2) is 0 Å². The number of hydrogen-bond donors (Lipinski definition) is 0. The Morgan fingerprint density at radius 2 is 2.12 bits per heavy atom. The Bertz CT molecular complexity index is 760. The smallest absolute Gasteiger partial charge is 0.155 e. The normalized spacial score (nSPS) is 56.0. The van der Waals surface area contributed by atoms with Gasteiger partial charge in [0.2, 0.25) is 0 Å². The van der Waals surface area contributed by atoms with Gasteiger partial charge in [-0.2, -0.15) is 0 Å². The van der Waals surface area contributed by atoms with Gasteiger partial charge in [0.25, 0.3) is 0 Å². The Balaban J connectivity index is 1.43. The second-order valence-corrected chi connectivity index (χ2v) is 9.91. The Labute approximate surface area is 156 Å². The number of ether oxygens (including phenoxy) is 1. The van der Waals surface area contributed by atoms with Crippen LogP contribution in [0.1, 0.15) is 52.4 Å². The van der Waals surface area contributed by atoms with Gasteiger partial charge in [-0.15, -0.1) is 0 Å². The molecular formula is C24H30O2. The molecule has 6 aliphatic rings. The minimum atomic E-state index is 0.0218. The van der Waals surface area contributed by atoms with Crippen LogP contribution in [-0.2, 0) is 9.53 Å². The second-order valence-electron chi connectivity index (χ2n) is 9.91. The largest absolute Gasteiger partial charge is 0.363 e. The SMILES string of the molecule is CCC12CCC3C4CCC(=O)C=C4C=CC3C1C1CC1[C@@]21C=CC(C)O1. The van der Waals surface area contributed by atoms with E-state index in [1.165, 1.54) is 31.3 Å². The molecule has 2 nitrogen and oxygen atoms in total. The van der Waals surface area contributed by atoms with Gasteiger partial charge < -0.3 is 4.74 Å². The van der Waals surface area contributed by atoms with Crippen LogP contribution >= 0.6 is 0 Å². The first-order valence-electron chi connectivity index (χ1n) is 10.9. The van der Waals surface area contributed by atoms with Crippen LogP contribution in [0.4, 0.5) is 0 Å². The molecule has 6 rings (SSSR count). The number of ketones is 1. The molecule has 0 N–H and O–H groups in total. The van der Waals surface area contributed by atoms with Gasteiger partial charge in [0.15, 0.2) is 5.78 Å². The third-order valence-electron chi connectivity index (χ3n) is 9.21. The molecule has 9 atom stereocenters. The van der Waals surface area contributed by atoms with E-state index in [0.717, 1.165) is 36.5 Å². The summed E-state index contributed by atoms with van der Waals surface area (Å²) in [4.78, 5) is 11.9. The van der Waals surface area contributed by atoms with Crippen LogP contribution in [0.15, 0.2) is 36.0 Å². The van der Waals surface area contributed by atoms with Crippen molar-refractivity contribution >= 4 is 5.78 Å². The minimum Gasteiger partial charge on any atom is -0.363 e. The average Bonchev–Trinajstić information content (AvgIpc) is 3.29. The fourth-order valence-corrected chi connectivity index (χ4v) is 8.31. The van der Waals surface area contributed by atoms with Gasteiger partial charge in [-0.1, -0.05) is 31.2 Å². The standard InChI is InChI=1S/C24H30O2/c1-3-23-10-9-18-17-7-5-16(25)12-15(17)4-6-19(18)22(23)20-13-21(20)24(23)11-8-14(2)26-24/h4,6,8,11-12,14,17-22H,3,5,7,9-10,13H2,1-2H3/t14?,17?,18?,19?,20?,21?,22?,23?,24-/m0/s1. The molecule has 5 aliphatic carbocycles. The molecule has 1 heterocycles. The molecular weight excluding hydrogens is 320 g/mol. The molecule has 0 bridgehead atoms. The predicted molar refractivity (Wildman–Crippen MR) is 101 cm³/mol. The van der Waals surface area contributed by atoms with Gasteiger partial charge in [-0.05, 0) is 86.2 Å². The lowest BCUT2D eigenvalue weighted by molar-refractivity contribution is -0.149. The maximum atomic E-state index is 11.9. The number of fused-ring (bicyclic) bond motifs is 9. The third-order valence-corrected chi connectivity index (χ3v) is 9.21. The van der Waals surface area contributed by atoms with Crippen LogP contribution < -0.4 is 0 Å². The lowest BCUT2D eigenvalue weighted by Crippen LogP contribution is -2.55. The molecule has 1 spiro atoms. The van der Waals surface area contributed by atoms with Crippen molar-refractivity contribution in [2.45, 2.75) is 64.1 Å². The molecule has 0 aromatic heterocycles. The van der Waals surface area contributed by atoms with Gasteiger partial charge >= 0.3 is 0 Å². The monoisotopic (exact) mass is 350 g/mol. The van der Waals surface area contributed by atoms with Crippen LogP contribution in [0.25, 0.3) is 0 Å². The molecule has 8 unspecified atom stereocenters. The molecule has 0 amide bonds. The number of hydrogen-bond acceptors (Lipinski definition) is 2. The third kappa shape index (κ3) is 1.71. The van der Waals surface area contributed by atoms with Crippen molar-refractivity contribution in [2.24, 2.45) is 40.9 Å². The predicted octanol–water partition coefficient (Wildman–Crippen LogP) is 4.86. The number of carbonyl (C=O) groups is 1. The fraction of sp³-hybridized carbons (Fsp3) is 0.708. The van der Waals surface area contributed by atoms with Crippen molar-refractivity contribution in [3.8, 4) is 0 Å². The van der Waals surface area contributed by atoms with Crippen LogP contribution in [0.5, 0.6) is 0 Å². The summed E-state index contributed by atoms with van der Waals surface area (Å²) >= 11 is 0. The fourth-order valence-electron chi connectivity index (χ4n) is 8.31. The highest BCUT2D eigenvalue weighted by molar-refractivity contribution is 5.91. The molecule has 1 aliphatic heterocycles. The first kappa shape index (κ1) is 15.9. The molecule has 3 fully saturated rings. The topological polar surface area (TPSA) is 26.3 Å². The molecule has 26 heavy (non-hydrogen) atoms. The Morgan fingerprint density at radius 3 is 2.88 bits per heavy atom. The molecule has 0 saturated heterocycles. The van der Waals surface area contributed by atoms with E-state index < -0.39 is 0 Å². The average molecular weight is 351 g/mol. The summed E-state index contributed by atoms with van der Waals surface area (Å²) in [6, 6.07) is 0. The lowest BCUT2D eigenvalue weighted by Gasteiger charge is -2.57. The van der Waals surface area contributed by atoms with E-state index in [0.29, 0.717) is 23.0 Å². The highest BCUT2D eigenvalue weighted by Gasteiger charge is 2.77.